The first-order valence-corrected chi connectivity index (χ1v) is 17.0. The van der Waals surface area contributed by atoms with Crippen LogP contribution in [-0.4, -0.2) is 37.5 Å². The molecule has 0 saturated carbocycles. The van der Waals surface area contributed by atoms with Crippen LogP contribution in [0.1, 0.15) is 173 Å². The first-order chi connectivity index (χ1) is 20.3. The summed E-state index contributed by atoms with van der Waals surface area (Å²) in [5.41, 5.74) is 16.1. The third-order valence-corrected chi connectivity index (χ3v) is 7.01. The third-order valence-electron chi connectivity index (χ3n) is 7.01. The zero-order chi connectivity index (χ0) is 31.9. The number of nitrogens with two attached hydrogens (primary N) is 3. The molecule has 0 bridgehead atoms. The van der Waals surface area contributed by atoms with Gasteiger partial charge in [-0.2, -0.15) is 0 Å². The van der Waals surface area contributed by atoms with Crippen molar-refractivity contribution in [1.82, 2.24) is 0 Å². The fourth-order valence-corrected chi connectivity index (χ4v) is 4.42. The van der Waals surface area contributed by atoms with Crippen LogP contribution in [0.5, 0.6) is 0 Å². The van der Waals surface area contributed by atoms with Crippen LogP contribution in [0, 0.1) is 0 Å². The molecule has 0 aliphatic heterocycles. The van der Waals surface area contributed by atoms with Gasteiger partial charge in [0.2, 0.25) is 0 Å². The maximum atomic E-state index is 10.1. The Balaban J connectivity index is -0.000000262. The van der Waals surface area contributed by atoms with Gasteiger partial charge in [0.15, 0.2) is 0 Å². The number of hydrogen-bond donors (Lipinski definition) is 3. The van der Waals surface area contributed by atoms with Gasteiger partial charge in [0.25, 0.3) is 0 Å². The Kier molecular flexibility index (Phi) is 51.7. The molecule has 0 aromatic heterocycles. The third kappa shape index (κ3) is 60.9. The largest absolute Gasteiger partial charge is 3.00 e. The van der Waals surface area contributed by atoms with Crippen molar-refractivity contribution in [3.8, 4) is 0 Å². The summed E-state index contributed by atoms with van der Waals surface area (Å²) < 4.78 is 0. The minimum Gasteiger partial charge on any atom is -0.550 e. The number of carbonyl (C=O) groups is 3. The van der Waals surface area contributed by atoms with Crippen molar-refractivity contribution < 1.29 is 52.1 Å². The maximum Gasteiger partial charge on any atom is 3.00 e. The number of aliphatic carboxylic acids is 3. The molecule has 0 aliphatic rings. The van der Waals surface area contributed by atoms with Gasteiger partial charge in [-0.3, -0.25) is 0 Å². The number of carbonyl (C=O) groups excluding carboxylic acids is 3. The first kappa shape index (κ1) is 48.9. The van der Waals surface area contributed by atoms with E-state index in [9.17, 15) is 29.7 Å². The van der Waals surface area contributed by atoms with E-state index in [1.807, 2.05) is 0 Å². The quantitative estimate of drug-likeness (QED) is 0.0718. The SMILES string of the molecule is NCCCCCCCCCCC(=O)[O-].NCCCCCCCCCCC(=O)[O-].NCCCCCCCCCCC(=O)[O-].[Au+3]. The number of unbranched alkanes of at least 4 members (excludes halogenated alkanes) is 21. The molecule has 0 saturated heterocycles. The average molecular weight is 798 g/mol. The zero-order valence-corrected chi connectivity index (χ0v) is 29.4. The van der Waals surface area contributed by atoms with Crippen molar-refractivity contribution in [1.29, 1.82) is 0 Å². The number of hydrogen-bond acceptors (Lipinski definition) is 9. The van der Waals surface area contributed by atoms with Crippen LogP contribution in [0.2, 0.25) is 0 Å². The summed E-state index contributed by atoms with van der Waals surface area (Å²) in [6.07, 6.45) is 27.7. The van der Waals surface area contributed by atoms with Crippen molar-refractivity contribution in [2.24, 2.45) is 17.2 Å². The second kappa shape index (κ2) is 45.5. The molecule has 0 amide bonds. The standard InChI is InChI=1S/3C11H23NO2.Au/c3*12-10-8-6-4-2-1-3-5-7-9-11(13)14;/h3*1-10,12H2,(H,13,14);/q;;;+3/p-3. The van der Waals surface area contributed by atoms with Gasteiger partial charge in [-0.15, -0.1) is 0 Å². The minimum atomic E-state index is -0.923. The summed E-state index contributed by atoms with van der Waals surface area (Å²) in [6.45, 7) is 2.39. The van der Waals surface area contributed by atoms with Gasteiger partial charge in [0.05, 0.1) is 0 Å². The molecule has 0 rings (SSSR count). The molecule has 9 nitrogen and oxygen atoms in total. The Bertz CT molecular complexity index is 495. The Morgan fingerprint density at radius 3 is 0.581 bits per heavy atom. The summed E-state index contributed by atoms with van der Waals surface area (Å²) in [4.78, 5) is 30.3. The van der Waals surface area contributed by atoms with Gasteiger partial charge >= 0.3 is 22.4 Å². The van der Waals surface area contributed by atoms with Crippen molar-refractivity contribution in [3.63, 3.8) is 0 Å². The fourth-order valence-electron chi connectivity index (χ4n) is 4.42. The molecule has 0 unspecified atom stereocenters. The van der Waals surface area contributed by atoms with E-state index in [-0.39, 0.29) is 41.6 Å². The molecule has 43 heavy (non-hydrogen) atoms. The van der Waals surface area contributed by atoms with Gasteiger partial charge in [-0.25, -0.2) is 0 Å². The topological polar surface area (TPSA) is 198 Å². The molecule has 10 heteroatoms. The van der Waals surface area contributed by atoms with E-state index in [2.05, 4.69) is 0 Å². The van der Waals surface area contributed by atoms with Crippen molar-refractivity contribution >= 4 is 17.9 Å². The monoisotopic (exact) mass is 797 g/mol. The van der Waals surface area contributed by atoms with E-state index in [0.717, 1.165) is 96.7 Å². The Morgan fingerprint density at radius 1 is 0.302 bits per heavy atom. The molecule has 0 heterocycles. The van der Waals surface area contributed by atoms with Crippen molar-refractivity contribution in [3.05, 3.63) is 0 Å². The van der Waals surface area contributed by atoms with E-state index in [1.165, 1.54) is 77.0 Å². The van der Waals surface area contributed by atoms with E-state index >= 15 is 0 Å². The summed E-state index contributed by atoms with van der Waals surface area (Å²) >= 11 is 0. The molecule has 6 N–H and O–H groups in total. The summed E-state index contributed by atoms with van der Waals surface area (Å²) in [6, 6.07) is 0. The second-order valence-corrected chi connectivity index (χ2v) is 11.2. The normalized spacial score (nSPS) is 10.1. The summed E-state index contributed by atoms with van der Waals surface area (Å²) in [5.74, 6) is -2.77. The van der Waals surface area contributed by atoms with Crippen LogP contribution in [0.15, 0.2) is 0 Å². The van der Waals surface area contributed by atoms with E-state index in [0.29, 0.717) is 0 Å². The van der Waals surface area contributed by atoms with Crippen LogP contribution < -0.4 is 32.5 Å². The second-order valence-electron chi connectivity index (χ2n) is 11.2. The Labute approximate surface area is 279 Å². The first-order valence-electron chi connectivity index (χ1n) is 17.0. The molecule has 0 atom stereocenters. The molecule has 0 aromatic carbocycles. The molecule has 260 valence electrons. The Hall–Kier alpha value is -0.970. The van der Waals surface area contributed by atoms with Crippen LogP contribution in [0.4, 0.5) is 0 Å². The maximum absolute atomic E-state index is 10.1. The minimum absolute atomic E-state index is 0. The average Bonchev–Trinajstić information content (AvgIpc) is 2.95. The van der Waals surface area contributed by atoms with Crippen molar-refractivity contribution in [2.75, 3.05) is 19.6 Å². The fraction of sp³-hybridized carbons (Fsp3) is 0.909. The molecular formula is C33H66AuN3O6. The molecular weight excluding hydrogens is 731 g/mol. The van der Waals surface area contributed by atoms with Gasteiger partial charge in [0.1, 0.15) is 0 Å². The van der Waals surface area contributed by atoms with Crippen molar-refractivity contribution in [2.45, 2.75) is 173 Å². The molecule has 0 spiro atoms. The Morgan fingerprint density at radius 2 is 0.442 bits per heavy atom. The van der Waals surface area contributed by atoms with E-state index < -0.39 is 17.9 Å². The predicted molar refractivity (Wildman–Crippen MR) is 167 cm³/mol. The van der Waals surface area contributed by atoms with Gasteiger partial charge in [-0.05, 0) is 77.4 Å². The number of rotatable bonds is 30. The van der Waals surface area contributed by atoms with Crippen LogP contribution in [0.3, 0.4) is 0 Å². The van der Waals surface area contributed by atoms with Gasteiger partial charge < -0.3 is 46.9 Å². The van der Waals surface area contributed by atoms with Gasteiger partial charge in [0, 0.05) is 17.9 Å². The molecule has 0 aliphatic carbocycles. The van der Waals surface area contributed by atoms with Gasteiger partial charge in [-0.1, -0.05) is 116 Å². The summed E-state index contributed by atoms with van der Waals surface area (Å²) in [5, 5.41) is 30.3. The van der Waals surface area contributed by atoms with Crippen LogP contribution in [0.25, 0.3) is 0 Å². The zero-order valence-electron chi connectivity index (χ0n) is 27.2. The van der Waals surface area contributed by atoms with Crippen LogP contribution >= 0.6 is 0 Å². The summed E-state index contributed by atoms with van der Waals surface area (Å²) in [7, 11) is 0. The van der Waals surface area contributed by atoms with E-state index in [1.54, 1.807) is 0 Å². The van der Waals surface area contributed by atoms with Crippen LogP contribution in [-0.2, 0) is 36.8 Å². The smallest absolute Gasteiger partial charge is 0.550 e. The molecule has 0 radical (unpaired) electrons. The predicted octanol–water partition coefficient (Wildman–Crippen LogP) is 3.62. The molecule has 0 aromatic rings. The van der Waals surface area contributed by atoms with E-state index in [4.69, 9.17) is 17.2 Å². The molecule has 0 fully saturated rings. The number of carboxylic acids is 3. The number of carboxylic acid groups (broad SMARTS) is 3.